The van der Waals surface area contributed by atoms with Crippen molar-refractivity contribution >= 4 is 5.69 Å². The number of rotatable bonds is 2. The molecule has 0 atom stereocenters. The van der Waals surface area contributed by atoms with Crippen LogP contribution in [-0.4, -0.2) is 0 Å². The average molecular weight is 173 g/mol. The molecule has 0 unspecified atom stereocenters. The second kappa shape index (κ2) is 2.50. The zero-order chi connectivity index (χ0) is 8.84. The minimum absolute atomic E-state index is 0.790. The van der Waals surface area contributed by atoms with Gasteiger partial charge in [0, 0.05) is 5.69 Å². The summed E-state index contributed by atoms with van der Waals surface area (Å²) in [6.07, 6.45) is 5.46. The molecule has 0 heterocycles. The van der Waals surface area contributed by atoms with Gasteiger partial charge in [-0.05, 0) is 54.7 Å². The van der Waals surface area contributed by atoms with Crippen molar-refractivity contribution < 1.29 is 0 Å². The molecule has 0 amide bonds. The maximum atomic E-state index is 5.95. The Kier molecular flexibility index (Phi) is 1.43. The van der Waals surface area contributed by atoms with Crippen molar-refractivity contribution in [1.82, 2.24) is 0 Å². The van der Waals surface area contributed by atoms with Gasteiger partial charge in [-0.2, -0.15) is 0 Å². The summed E-state index contributed by atoms with van der Waals surface area (Å²) in [5.74, 6) is 1.65. The zero-order valence-electron chi connectivity index (χ0n) is 7.79. The monoisotopic (exact) mass is 173 g/mol. The molecule has 0 saturated heterocycles. The molecule has 1 aromatic rings. The Morgan fingerprint density at radius 1 is 1.00 bits per heavy atom. The normalized spacial score (nSPS) is 21.8. The van der Waals surface area contributed by atoms with Crippen molar-refractivity contribution in [3.05, 3.63) is 29.3 Å². The summed E-state index contributed by atoms with van der Waals surface area (Å²) >= 11 is 0. The minimum Gasteiger partial charge on any atom is -0.398 e. The molecule has 1 aromatic carbocycles. The molecule has 3 rings (SSSR count). The molecular weight excluding hydrogens is 158 g/mol. The van der Waals surface area contributed by atoms with Crippen molar-refractivity contribution in [2.24, 2.45) is 0 Å². The standard InChI is InChI=1S/C12H15N/c13-12-6-5-10(8-1-2-8)7-11(12)9-3-4-9/h5-9H,1-4,13H2. The number of anilines is 1. The summed E-state index contributed by atoms with van der Waals surface area (Å²) in [6.45, 7) is 0. The van der Waals surface area contributed by atoms with E-state index >= 15 is 0 Å². The van der Waals surface area contributed by atoms with Crippen LogP contribution in [0.3, 0.4) is 0 Å². The van der Waals surface area contributed by atoms with E-state index in [9.17, 15) is 0 Å². The largest absolute Gasteiger partial charge is 0.398 e. The highest BCUT2D eigenvalue weighted by atomic mass is 14.6. The van der Waals surface area contributed by atoms with Crippen molar-refractivity contribution in [2.75, 3.05) is 5.73 Å². The van der Waals surface area contributed by atoms with Crippen LogP contribution in [-0.2, 0) is 0 Å². The van der Waals surface area contributed by atoms with Crippen LogP contribution in [0.5, 0.6) is 0 Å². The molecule has 2 saturated carbocycles. The lowest BCUT2D eigenvalue weighted by Crippen LogP contribution is -1.93. The summed E-state index contributed by atoms with van der Waals surface area (Å²) in [5, 5.41) is 0. The number of hydrogen-bond acceptors (Lipinski definition) is 1. The Balaban J connectivity index is 1.99. The third-order valence-corrected chi connectivity index (χ3v) is 3.18. The van der Waals surface area contributed by atoms with E-state index < -0.39 is 0 Å². The van der Waals surface area contributed by atoms with Crippen LogP contribution >= 0.6 is 0 Å². The predicted molar refractivity (Wildman–Crippen MR) is 54.8 cm³/mol. The van der Waals surface area contributed by atoms with Crippen LogP contribution in [0.25, 0.3) is 0 Å². The van der Waals surface area contributed by atoms with Gasteiger partial charge < -0.3 is 5.73 Å². The van der Waals surface area contributed by atoms with E-state index in [-0.39, 0.29) is 0 Å². The Bertz CT molecular complexity index is 335. The fourth-order valence-electron chi connectivity index (χ4n) is 2.01. The fourth-order valence-corrected chi connectivity index (χ4v) is 2.01. The fraction of sp³-hybridized carbons (Fsp3) is 0.500. The van der Waals surface area contributed by atoms with Crippen molar-refractivity contribution in [3.63, 3.8) is 0 Å². The van der Waals surface area contributed by atoms with Crippen LogP contribution in [0.2, 0.25) is 0 Å². The molecule has 2 fully saturated rings. The van der Waals surface area contributed by atoms with Crippen LogP contribution in [0.15, 0.2) is 18.2 Å². The second-order valence-corrected chi connectivity index (χ2v) is 4.44. The Labute approximate surface area is 78.9 Å². The number of nitrogen functional groups attached to an aromatic ring is 1. The van der Waals surface area contributed by atoms with E-state index in [0.29, 0.717) is 0 Å². The third kappa shape index (κ3) is 1.32. The first-order valence-electron chi connectivity index (χ1n) is 5.24. The van der Waals surface area contributed by atoms with Gasteiger partial charge in [-0.1, -0.05) is 12.1 Å². The maximum absolute atomic E-state index is 5.95. The van der Waals surface area contributed by atoms with E-state index in [1.54, 1.807) is 0 Å². The van der Waals surface area contributed by atoms with E-state index in [1.807, 2.05) is 0 Å². The van der Waals surface area contributed by atoms with Crippen LogP contribution in [0.1, 0.15) is 48.6 Å². The summed E-state index contributed by atoms with van der Waals surface area (Å²) < 4.78 is 0. The van der Waals surface area contributed by atoms with Gasteiger partial charge in [0.05, 0.1) is 0 Å². The molecule has 0 aliphatic heterocycles. The number of benzene rings is 1. The summed E-state index contributed by atoms with van der Waals surface area (Å²) in [6, 6.07) is 6.66. The molecule has 1 heteroatoms. The lowest BCUT2D eigenvalue weighted by Gasteiger charge is -2.06. The molecule has 0 spiro atoms. The minimum atomic E-state index is 0.790. The van der Waals surface area contributed by atoms with E-state index in [4.69, 9.17) is 5.73 Å². The van der Waals surface area contributed by atoms with Gasteiger partial charge >= 0.3 is 0 Å². The molecule has 2 aliphatic carbocycles. The lowest BCUT2D eigenvalue weighted by atomic mass is 10.0. The lowest BCUT2D eigenvalue weighted by molar-refractivity contribution is 1.08. The third-order valence-electron chi connectivity index (χ3n) is 3.18. The van der Waals surface area contributed by atoms with Gasteiger partial charge in [-0.3, -0.25) is 0 Å². The predicted octanol–water partition coefficient (Wildman–Crippen LogP) is 3.02. The van der Waals surface area contributed by atoms with E-state index in [1.165, 1.54) is 36.8 Å². The molecule has 0 radical (unpaired) electrons. The SMILES string of the molecule is Nc1ccc(C2CC2)cc1C1CC1. The molecule has 0 aromatic heterocycles. The van der Waals surface area contributed by atoms with Crippen LogP contribution in [0.4, 0.5) is 5.69 Å². The Morgan fingerprint density at radius 3 is 2.31 bits per heavy atom. The van der Waals surface area contributed by atoms with Gasteiger partial charge in [0.25, 0.3) is 0 Å². The smallest absolute Gasteiger partial charge is 0.0349 e. The van der Waals surface area contributed by atoms with E-state index in [2.05, 4.69) is 18.2 Å². The number of nitrogens with two attached hydrogens (primary N) is 1. The quantitative estimate of drug-likeness (QED) is 0.683. The topological polar surface area (TPSA) is 26.0 Å². The van der Waals surface area contributed by atoms with Crippen molar-refractivity contribution in [3.8, 4) is 0 Å². The first-order chi connectivity index (χ1) is 6.34. The van der Waals surface area contributed by atoms with Gasteiger partial charge in [-0.25, -0.2) is 0 Å². The molecule has 1 nitrogen and oxygen atoms in total. The average Bonchev–Trinajstić information content (AvgIpc) is 3.00. The van der Waals surface area contributed by atoms with Gasteiger partial charge in [0.15, 0.2) is 0 Å². The zero-order valence-corrected chi connectivity index (χ0v) is 7.79. The second-order valence-electron chi connectivity index (χ2n) is 4.44. The van der Waals surface area contributed by atoms with Gasteiger partial charge in [-0.15, -0.1) is 0 Å². The Hall–Kier alpha value is -0.980. The first-order valence-corrected chi connectivity index (χ1v) is 5.24. The summed E-state index contributed by atoms with van der Waals surface area (Å²) in [5.41, 5.74) is 9.90. The highest BCUT2D eigenvalue weighted by molar-refractivity contribution is 5.52. The maximum Gasteiger partial charge on any atom is 0.0349 e. The molecule has 0 bridgehead atoms. The van der Waals surface area contributed by atoms with Gasteiger partial charge in [0.2, 0.25) is 0 Å². The van der Waals surface area contributed by atoms with E-state index in [0.717, 1.165) is 17.5 Å². The van der Waals surface area contributed by atoms with Crippen molar-refractivity contribution in [1.29, 1.82) is 0 Å². The number of hydrogen-bond donors (Lipinski definition) is 1. The first kappa shape index (κ1) is 7.43. The van der Waals surface area contributed by atoms with Crippen LogP contribution < -0.4 is 5.73 Å². The van der Waals surface area contributed by atoms with Crippen molar-refractivity contribution in [2.45, 2.75) is 37.5 Å². The Morgan fingerprint density at radius 2 is 1.69 bits per heavy atom. The molecule has 68 valence electrons. The highest BCUT2D eigenvalue weighted by Crippen LogP contribution is 2.46. The summed E-state index contributed by atoms with van der Waals surface area (Å²) in [4.78, 5) is 0. The van der Waals surface area contributed by atoms with Gasteiger partial charge in [0.1, 0.15) is 0 Å². The summed E-state index contributed by atoms with van der Waals surface area (Å²) in [7, 11) is 0. The highest BCUT2D eigenvalue weighted by Gasteiger charge is 2.28. The molecular formula is C12H15N. The molecule has 13 heavy (non-hydrogen) atoms. The molecule has 2 N–H and O–H groups in total. The molecule has 2 aliphatic rings. The van der Waals surface area contributed by atoms with Crippen LogP contribution in [0, 0.1) is 0 Å².